The Hall–Kier alpha value is -1.63. The van der Waals surface area contributed by atoms with E-state index in [-0.39, 0.29) is 19.7 Å². The first-order valence-corrected chi connectivity index (χ1v) is 6.26. The maximum atomic E-state index is 11.9. The van der Waals surface area contributed by atoms with Crippen molar-refractivity contribution < 1.29 is 24.2 Å². The average molecular weight is 272 g/mol. The fourth-order valence-electron chi connectivity index (χ4n) is 1.96. The Balaban J connectivity index is 2.58. The molecular weight excluding hydrogens is 252 g/mol. The van der Waals surface area contributed by atoms with Gasteiger partial charge in [0.2, 0.25) is 0 Å². The quantitative estimate of drug-likeness (QED) is 0.532. The van der Waals surface area contributed by atoms with Crippen molar-refractivity contribution in [3.05, 3.63) is 0 Å². The van der Waals surface area contributed by atoms with Gasteiger partial charge in [-0.05, 0) is 26.7 Å². The zero-order valence-electron chi connectivity index (χ0n) is 11.2. The second kappa shape index (κ2) is 6.01. The summed E-state index contributed by atoms with van der Waals surface area (Å²) in [4.78, 5) is 35.8. The summed E-state index contributed by atoms with van der Waals surface area (Å²) in [7, 11) is 0. The summed E-state index contributed by atoms with van der Waals surface area (Å²) >= 11 is 0. The van der Waals surface area contributed by atoms with Gasteiger partial charge in [-0.2, -0.15) is 0 Å². The first-order chi connectivity index (χ1) is 8.81. The number of carboxylic acids is 1. The van der Waals surface area contributed by atoms with Gasteiger partial charge in [-0.25, -0.2) is 4.79 Å². The predicted octanol–water partition coefficient (Wildman–Crippen LogP) is -0.410. The molecular formula is C12H20N2O5. The van der Waals surface area contributed by atoms with Gasteiger partial charge >= 0.3 is 11.9 Å². The Bertz CT molecular complexity index is 374. The molecule has 1 heterocycles. The van der Waals surface area contributed by atoms with Crippen LogP contribution in [0.1, 0.15) is 26.7 Å². The van der Waals surface area contributed by atoms with Gasteiger partial charge in [0.05, 0.1) is 12.0 Å². The number of rotatable bonds is 4. The van der Waals surface area contributed by atoms with Crippen LogP contribution in [0.15, 0.2) is 0 Å². The van der Waals surface area contributed by atoms with E-state index in [0.29, 0.717) is 12.8 Å². The Morgan fingerprint density at radius 3 is 2.32 bits per heavy atom. The van der Waals surface area contributed by atoms with E-state index in [4.69, 9.17) is 10.8 Å². The number of likely N-dealkylation sites (tertiary alicyclic amines) is 1. The molecule has 1 atom stereocenters. The van der Waals surface area contributed by atoms with Crippen LogP contribution in [0.25, 0.3) is 0 Å². The Morgan fingerprint density at radius 2 is 1.89 bits per heavy atom. The lowest BCUT2D eigenvalue weighted by atomic mass is 9.80. The molecule has 108 valence electrons. The molecule has 0 aromatic rings. The molecule has 0 bridgehead atoms. The van der Waals surface area contributed by atoms with Gasteiger partial charge in [0.25, 0.3) is 5.91 Å². The van der Waals surface area contributed by atoms with Crippen LogP contribution in [0.4, 0.5) is 0 Å². The van der Waals surface area contributed by atoms with Crippen LogP contribution in [-0.2, 0) is 19.1 Å². The molecule has 19 heavy (non-hydrogen) atoms. The summed E-state index contributed by atoms with van der Waals surface area (Å²) in [6.45, 7) is 4.02. The number of nitrogens with two attached hydrogens (primary N) is 1. The lowest BCUT2D eigenvalue weighted by Gasteiger charge is -2.37. The smallest absolute Gasteiger partial charge is 0.332 e. The van der Waals surface area contributed by atoms with E-state index < -0.39 is 29.3 Å². The Labute approximate surface area is 111 Å². The fourth-order valence-corrected chi connectivity index (χ4v) is 1.96. The van der Waals surface area contributed by atoms with E-state index in [2.05, 4.69) is 4.74 Å². The summed E-state index contributed by atoms with van der Waals surface area (Å²) in [5.41, 5.74) is 4.71. The van der Waals surface area contributed by atoms with Crippen LogP contribution >= 0.6 is 0 Å². The van der Waals surface area contributed by atoms with Crippen molar-refractivity contribution in [2.24, 2.45) is 11.1 Å². The van der Waals surface area contributed by atoms with Crippen molar-refractivity contribution in [3.8, 4) is 0 Å². The van der Waals surface area contributed by atoms with Crippen molar-refractivity contribution in [1.29, 1.82) is 0 Å². The molecule has 0 saturated carbocycles. The monoisotopic (exact) mass is 272 g/mol. The highest BCUT2D eigenvalue weighted by molar-refractivity contribution is 6.01. The third-order valence-corrected chi connectivity index (χ3v) is 3.50. The van der Waals surface area contributed by atoms with Crippen molar-refractivity contribution in [1.82, 2.24) is 4.90 Å². The van der Waals surface area contributed by atoms with Crippen LogP contribution in [0.3, 0.4) is 0 Å². The highest BCUT2D eigenvalue weighted by Crippen LogP contribution is 2.31. The fraction of sp³-hybridized carbons (Fsp3) is 0.750. The molecule has 1 unspecified atom stereocenters. The van der Waals surface area contributed by atoms with Crippen LogP contribution in [-0.4, -0.2) is 53.6 Å². The van der Waals surface area contributed by atoms with E-state index >= 15 is 0 Å². The van der Waals surface area contributed by atoms with E-state index in [1.54, 1.807) is 13.8 Å². The van der Waals surface area contributed by atoms with E-state index in [1.807, 2.05) is 0 Å². The number of aliphatic carboxylic acids is 1. The van der Waals surface area contributed by atoms with Gasteiger partial charge in [-0.15, -0.1) is 0 Å². The number of amides is 1. The Morgan fingerprint density at radius 1 is 1.37 bits per heavy atom. The molecule has 1 saturated heterocycles. The summed E-state index contributed by atoms with van der Waals surface area (Å²) in [6.07, 6.45) is 0.702. The zero-order valence-corrected chi connectivity index (χ0v) is 11.2. The molecule has 0 aliphatic carbocycles. The van der Waals surface area contributed by atoms with Crippen LogP contribution in [0, 0.1) is 5.41 Å². The predicted molar refractivity (Wildman–Crippen MR) is 66.2 cm³/mol. The average Bonchev–Trinajstić information content (AvgIpc) is 2.38. The van der Waals surface area contributed by atoms with Gasteiger partial charge < -0.3 is 20.5 Å². The summed E-state index contributed by atoms with van der Waals surface area (Å²) in [5.74, 6) is -2.13. The SMILES string of the molecule is CCOC(=O)C(N)C(=O)N1CCC(C)(C(=O)O)CC1. The molecule has 1 rings (SSSR count). The molecule has 0 spiro atoms. The second-order valence-electron chi connectivity index (χ2n) is 4.92. The molecule has 0 aromatic carbocycles. The standard InChI is InChI=1S/C12H20N2O5/c1-3-19-10(16)8(13)9(15)14-6-4-12(2,5-7-14)11(17)18/h8H,3-7,13H2,1-2H3,(H,17,18). The van der Waals surface area contributed by atoms with Crippen LogP contribution < -0.4 is 5.73 Å². The van der Waals surface area contributed by atoms with E-state index in [1.165, 1.54) is 4.90 Å². The lowest BCUT2D eigenvalue weighted by molar-refractivity contribution is -0.156. The van der Waals surface area contributed by atoms with Gasteiger partial charge in [0.1, 0.15) is 0 Å². The molecule has 7 nitrogen and oxygen atoms in total. The van der Waals surface area contributed by atoms with E-state index in [0.717, 1.165) is 0 Å². The first kappa shape index (κ1) is 15.4. The summed E-state index contributed by atoms with van der Waals surface area (Å²) in [6, 6.07) is -1.32. The topological polar surface area (TPSA) is 110 Å². The second-order valence-corrected chi connectivity index (χ2v) is 4.92. The van der Waals surface area contributed by atoms with Crippen molar-refractivity contribution in [3.63, 3.8) is 0 Å². The molecule has 3 N–H and O–H groups in total. The molecule has 0 aromatic heterocycles. The van der Waals surface area contributed by atoms with Crippen LogP contribution in [0.5, 0.6) is 0 Å². The highest BCUT2D eigenvalue weighted by atomic mass is 16.5. The third-order valence-electron chi connectivity index (χ3n) is 3.50. The minimum absolute atomic E-state index is 0.164. The number of hydrogen-bond acceptors (Lipinski definition) is 5. The number of esters is 1. The molecule has 0 radical (unpaired) electrons. The maximum absolute atomic E-state index is 11.9. The number of hydrogen-bond donors (Lipinski definition) is 2. The normalized spacial score (nSPS) is 19.6. The number of ether oxygens (including phenoxy) is 1. The number of piperidine rings is 1. The largest absolute Gasteiger partial charge is 0.481 e. The number of nitrogens with zero attached hydrogens (tertiary/aromatic N) is 1. The lowest BCUT2D eigenvalue weighted by Crippen LogP contribution is -2.53. The Kier molecular flexibility index (Phi) is 4.88. The molecule has 1 aliphatic rings. The summed E-state index contributed by atoms with van der Waals surface area (Å²) < 4.78 is 4.69. The third kappa shape index (κ3) is 3.44. The molecule has 1 fully saturated rings. The molecule has 7 heteroatoms. The number of carbonyl (C=O) groups excluding carboxylic acids is 2. The minimum atomic E-state index is -1.32. The number of carboxylic acid groups (broad SMARTS) is 1. The van der Waals surface area contributed by atoms with Gasteiger partial charge in [0, 0.05) is 13.1 Å². The summed E-state index contributed by atoms with van der Waals surface area (Å²) in [5, 5.41) is 9.09. The van der Waals surface area contributed by atoms with Crippen molar-refractivity contribution >= 4 is 17.8 Å². The van der Waals surface area contributed by atoms with Gasteiger partial charge in [0.15, 0.2) is 6.04 Å². The zero-order chi connectivity index (χ0) is 14.6. The highest BCUT2D eigenvalue weighted by Gasteiger charge is 2.39. The first-order valence-electron chi connectivity index (χ1n) is 6.26. The van der Waals surface area contributed by atoms with Crippen molar-refractivity contribution in [2.75, 3.05) is 19.7 Å². The van der Waals surface area contributed by atoms with Gasteiger partial charge in [-0.1, -0.05) is 0 Å². The van der Waals surface area contributed by atoms with Crippen molar-refractivity contribution in [2.45, 2.75) is 32.7 Å². The molecule has 1 aliphatic heterocycles. The molecule has 1 amide bonds. The minimum Gasteiger partial charge on any atom is -0.481 e. The van der Waals surface area contributed by atoms with E-state index in [9.17, 15) is 14.4 Å². The maximum Gasteiger partial charge on any atom is 0.332 e. The van der Waals surface area contributed by atoms with Gasteiger partial charge in [-0.3, -0.25) is 9.59 Å². The van der Waals surface area contributed by atoms with Crippen LogP contribution in [0.2, 0.25) is 0 Å². The number of carbonyl (C=O) groups is 3.